The van der Waals surface area contributed by atoms with Crippen molar-refractivity contribution in [1.82, 2.24) is 30.3 Å². The van der Waals surface area contributed by atoms with Gasteiger partial charge in [0.1, 0.15) is 12.2 Å². The topological polar surface area (TPSA) is 107 Å². The zero-order valence-electron chi connectivity index (χ0n) is 15.8. The molecule has 0 bridgehead atoms. The first-order valence-corrected chi connectivity index (χ1v) is 9.42. The summed E-state index contributed by atoms with van der Waals surface area (Å²) in [6, 6.07) is 18.3. The van der Waals surface area contributed by atoms with Gasteiger partial charge in [-0.3, -0.25) is 14.5 Å². The number of nitrogens with zero attached hydrogens (tertiary/aromatic N) is 6. The van der Waals surface area contributed by atoms with Gasteiger partial charge in [0.25, 0.3) is 11.8 Å². The van der Waals surface area contributed by atoms with Gasteiger partial charge in [0.2, 0.25) is 0 Å². The molecule has 0 fully saturated rings. The molecule has 0 N–H and O–H groups in total. The van der Waals surface area contributed by atoms with Crippen LogP contribution in [0.3, 0.4) is 0 Å². The third-order valence-corrected chi connectivity index (χ3v) is 4.85. The Bertz CT molecular complexity index is 1200. The Balaban J connectivity index is 1.22. The lowest BCUT2D eigenvalue weighted by Gasteiger charge is -2.11. The number of fused-ring (bicyclic) bond motifs is 1. The number of hydrogen-bond donors (Lipinski definition) is 0. The first-order chi connectivity index (χ1) is 14.7. The minimum Gasteiger partial charge on any atom is -0.356 e. The van der Waals surface area contributed by atoms with Gasteiger partial charge in [-0.1, -0.05) is 47.6 Å². The van der Waals surface area contributed by atoms with E-state index in [9.17, 15) is 9.59 Å². The molecule has 30 heavy (non-hydrogen) atoms. The summed E-state index contributed by atoms with van der Waals surface area (Å²) in [4.78, 5) is 27.5. The summed E-state index contributed by atoms with van der Waals surface area (Å²) in [5.74, 6) is 0.521. The predicted molar refractivity (Wildman–Crippen MR) is 104 cm³/mol. The fourth-order valence-corrected chi connectivity index (χ4v) is 3.37. The lowest BCUT2D eigenvalue weighted by molar-refractivity contribution is 0.0655. The van der Waals surface area contributed by atoms with Crippen molar-refractivity contribution >= 4 is 11.8 Å². The summed E-state index contributed by atoms with van der Waals surface area (Å²) in [6.45, 7) is 0.497. The average Bonchev–Trinajstić information content (AvgIpc) is 3.49. The van der Waals surface area contributed by atoms with Crippen LogP contribution in [0.25, 0.3) is 11.3 Å². The Labute approximate surface area is 170 Å². The molecule has 0 saturated heterocycles. The van der Waals surface area contributed by atoms with Gasteiger partial charge in [-0.05, 0) is 17.3 Å². The number of rotatable bonds is 6. The number of carbonyl (C=O) groups excluding carboxylic acids is 2. The van der Waals surface area contributed by atoms with Crippen molar-refractivity contribution in [3.63, 3.8) is 0 Å². The molecule has 2 amide bonds. The van der Waals surface area contributed by atoms with Gasteiger partial charge in [0.05, 0.1) is 11.1 Å². The number of imide groups is 1. The number of amides is 2. The second-order valence-electron chi connectivity index (χ2n) is 6.84. The monoisotopic (exact) mass is 400 g/mol. The second kappa shape index (κ2) is 7.36. The number of benzene rings is 2. The van der Waals surface area contributed by atoms with Crippen molar-refractivity contribution < 1.29 is 14.1 Å². The smallest absolute Gasteiger partial charge is 0.261 e. The molecule has 2 aromatic heterocycles. The molecule has 0 radical (unpaired) electrons. The largest absolute Gasteiger partial charge is 0.356 e. The van der Waals surface area contributed by atoms with Gasteiger partial charge >= 0.3 is 0 Å². The van der Waals surface area contributed by atoms with Crippen LogP contribution in [0.15, 0.2) is 65.2 Å². The zero-order chi connectivity index (χ0) is 20.5. The number of aromatic nitrogens is 5. The first-order valence-electron chi connectivity index (χ1n) is 9.42. The van der Waals surface area contributed by atoms with E-state index >= 15 is 0 Å². The summed E-state index contributed by atoms with van der Waals surface area (Å²) in [7, 11) is 0. The normalized spacial score (nSPS) is 13.1. The Morgan fingerprint density at radius 3 is 2.33 bits per heavy atom. The van der Waals surface area contributed by atoms with Gasteiger partial charge in [-0.15, -0.1) is 10.2 Å². The predicted octanol–water partition coefficient (Wildman–Crippen LogP) is 2.22. The van der Waals surface area contributed by atoms with E-state index in [-0.39, 0.29) is 18.4 Å². The van der Waals surface area contributed by atoms with Gasteiger partial charge in [0.15, 0.2) is 11.6 Å². The summed E-state index contributed by atoms with van der Waals surface area (Å²) in [6.07, 6.45) is 0.319. The maximum Gasteiger partial charge on any atom is 0.261 e. The van der Waals surface area contributed by atoms with Crippen LogP contribution in [0, 0.1) is 0 Å². The van der Waals surface area contributed by atoms with E-state index in [0.29, 0.717) is 41.4 Å². The Morgan fingerprint density at radius 2 is 1.60 bits per heavy atom. The molecule has 5 rings (SSSR count). The van der Waals surface area contributed by atoms with Crippen LogP contribution < -0.4 is 0 Å². The molecular formula is C21H16N6O3. The molecule has 0 unspecified atom stereocenters. The molecule has 9 heteroatoms. The minimum atomic E-state index is -0.293. The standard InChI is InChI=1S/C21H16N6O3/c28-20-16-8-4-5-9-17(16)21(29)26(20)11-10-19-22-25-27(23-19)13-15-12-18(30-24-15)14-6-2-1-3-7-14/h1-9,12H,10-11,13H2. The van der Waals surface area contributed by atoms with Crippen LogP contribution in [0.1, 0.15) is 32.2 Å². The fourth-order valence-electron chi connectivity index (χ4n) is 3.37. The van der Waals surface area contributed by atoms with Gasteiger partial charge < -0.3 is 4.52 Å². The first kappa shape index (κ1) is 17.9. The summed E-state index contributed by atoms with van der Waals surface area (Å²) >= 11 is 0. The van der Waals surface area contributed by atoms with Crippen LogP contribution in [0.2, 0.25) is 0 Å². The van der Waals surface area contributed by atoms with Crippen LogP contribution in [0.5, 0.6) is 0 Å². The lowest BCUT2D eigenvalue weighted by Crippen LogP contribution is -2.32. The highest BCUT2D eigenvalue weighted by atomic mass is 16.5. The van der Waals surface area contributed by atoms with E-state index in [2.05, 4.69) is 20.6 Å². The average molecular weight is 400 g/mol. The SMILES string of the molecule is O=C1c2ccccc2C(=O)N1CCc1nnn(Cc2cc(-c3ccccc3)on2)n1. The fraction of sp³-hybridized carbons (Fsp3) is 0.143. The highest BCUT2D eigenvalue weighted by Gasteiger charge is 2.34. The molecule has 4 aromatic rings. The van der Waals surface area contributed by atoms with E-state index in [1.807, 2.05) is 36.4 Å². The highest BCUT2D eigenvalue weighted by Crippen LogP contribution is 2.22. The van der Waals surface area contributed by atoms with Crippen molar-refractivity contribution in [1.29, 1.82) is 0 Å². The summed E-state index contributed by atoms with van der Waals surface area (Å²) in [5, 5.41) is 16.4. The highest BCUT2D eigenvalue weighted by molar-refractivity contribution is 6.21. The minimum absolute atomic E-state index is 0.195. The molecule has 0 aliphatic carbocycles. The second-order valence-corrected chi connectivity index (χ2v) is 6.84. The Kier molecular flexibility index (Phi) is 4.40. The molecule has 0 spiro atoms. The number of carbonyl (C=O) groups is 2. The Morgan fingerprint density at radius 1 is 0.900 bits per heavy atom. The molecule has 3 heterocycles. The van der Waals surface area contributed by atoms with Crippen molar-refractivity contribution in [3.05, 3.63) is 83.3 Å². The maximum atomic E-state index is 12.4. The van der Waals surface area contributed by atoms with E-state index in [0.717, 1.165) is 5.56 Å². The summed E-state index contributed by atoms with van der Waals surface area (Å²) < 4.78 is 5.38. The van der Waals surface area contributed by atoms with Crippen LogP contribution in [0.4, 0.5) is 0 Å². The van der Waals surface area contributed by atoms with Gasteiger partial charge in [0, 0.05) is 24.6 Å². The van der Waals surface area contributed by atoms with Crippen molar-refractivity contribution in [3.8, 4) is 11.3 Å². The molecule has 0 saturated carbocycles. The molecule has 1 aliphatic heterocycles. The van der Waals surface area contributed by atoms with E-state index < -0.39 is 0 Å². The number of hydrogen-bond acceptors (Lipinski definition) is 7. The van der Waals surface area contributed by atoms with Crippen molar-refractivity contribution in [2.45, 2.75) is 13.0 Å². The molecule has 148 valence electrons. The van der Waals surface area contributed by atoms with Crippen LogP contribution >= 0.6 is 0 Å². The van der Waals surface area contributed by atoms with E-state index in [4.69, 9.17) is 4.52 Å². The summed E-state index contributed by atoms with van der Waals surface area (Å²) in [5.41, 5.74) is 2.46. The van der Waals surface area contributed by atoms with Crippen molar-refractivity contribution in [2.75, 3.05) is 6.54 Å². The molecular weight excluding hydrogens is 384 g/mol. The van der Waals surface area contributed by atoms with Crippen LogP contribution in [-0.2, 0) is 13.0 Å². The zero-order valence-corrected chi connectivity index (χ0v) is 15.8. The van der Waals surface area contributed by atoms with Crippen LogP contribution in [-0.4, -0.2) is 48.6 Å². The third kappa shape index (κ3) is 3.26. The third-order valence-electron chi connectivity index (χ3n) is 4.85. The van der Waals surface area contributed by atoms with Crippen molar-refractivity contribution in [2.24, 2.45) is 0 Å². The van der Waals surface area contributed by atoms with Gasteiger partial charge in [-0.25, -0.2) is 0 Å². The molecule has 9 nitrogen and oxygen atoms in total. The maximum absolute atomic E-state index is 12.4. The molecule has 1 aliphatic rings. The molecule has 0 atom stereocenters. The quantitative estimate of drug-likeness (QED) is 0.457. The lowest BCUT2D eigenvalue weighted by atomic mass is 10.1. The molecule has 2 aromatic carbocycles. The van der Waals surface area contributed by atoms with E-state index in [1.165, 1.54) is 9.70 Å². The Hall–Kier alpha value is -4.14. The van der Waals surface area contributed by atoms with E-state index in [1.54, 1.807) is 24.3 Å². The van der Waals surface area contributed by atoms with Gasteiger partial charge in [-0.2, -0.15) is 4.80 Å². The number of tetrazole rings is 1.